The van der Waals surface area contributed by atoms with E-state index >= 15 is 0 Å². The van der Waals surface area contributed by atoms with Crippen LogP contribution in [-0.4, -0.2) is 31.2 Å². The van der Waals surface area contributed by atoms with Crippen LogP contribution < -0.4 is 14.8 Å². The first-order valence-corrected chi connectivity index (χ1v) is 8.16. The number of aliphatic carboxylic acids is 1. The number of hydrogen-bond donors (Lipinski definition) is 2. The fraction of sp³-hybridized carbons (Fsp3) is 0.300. The maximum atomic E-state index is 12.4. The molecule has 1 atom stereocenters. The molecule has 0 radical (unpaired) electrons. The van der Waals surface area contributed by atoms with Crippen molar-refractivity contribution in [1.82, 2.24) is 5.32 Å². The Hall–Kier alpha value is -3.02. The van der Waals surface area contributed by atoms with Crippen molar-refractivity contribution in [3.63, 3.8) is 0 Å². The van der Waals surface area contributed by atoms with Gasteiger partial charge in [-0.3, -0.25) is 4.79 Å². The molecule has 0 spiro atoms. The molecule has 0 saturated heterocycles. The third-order valence-electron chi connectivity index (χ3n) is 4.23. The molecule has 0 heterocycles. The van der Waals surface area contributed by atoms with Crippen LogP contribution in [0.15, 0.2) is 36.4 Å². The predicted octanol–water partition coefficient (Wildman–Crippen LogP) is 2.81. The maximum absolute atomic E-state index is 12.4. The zero-order valence-corrected chi connectivity index (χ0v) is 15.3. The molecule has 1 unspecified atom stereocenters. The summed E-state index contributed by atoms with van der Waals surface area (Å²) in [7, 11) is 3.05. The molecule has 6 heteroatoms. The summed E-state index contributed by atoms with van der Waals surface area (Å²) in [4.78, 5) is 24.0. The molecule has 1 amide bonds. The summed E-state index contributed by atoms with van der Waals surface area (Å²) in [6.45, 7) is 3.85. The Labute approximate surface area is 152 Å². The normalized spacial score (nSPS) is 11.5. The zero-order chi connectivity index (χ0) is 19.3. The van der Waals surface area contributed by atoms with Crippen molar-refractivity contribution < 1.29 is 24.2 Å². The van der Waals surface area contributed by atoms with Crippen molar-refractivity contribution >= 4 is 11.9 Å². The Kier molecular flexibility index (Phi) is 6.22. The van der Waals surface area contributed by atoms with E-state index in [0.29, 0.717) is 22.6 Å². The molecule has 0 fully saturated rings. The fourth-order valence-electron chi connectivity index (χ4n) is 2.62. The van der Waals surface area contributed by atoms with Crippen LogP contribution in [0, 0.1) is 13.8 Å². The lowest BCUT2D eigenvalue weighted by molar-refractivity contribution is -0.141. The number of rotatable bonds is 7. The van der Waals surface area contributed by atoms with Gasteiger partial charge >= 0.3 is 5.97 Å². The average molecular weight is 357 g/mol. The van der Waals surface area contributed by atoms with Crippen LogP contribution in [0.4, 0.5) is 0 Å². The summed E-state index contributed by atoms with van der Waals surface area (Å²) in [6.07, 6.45) is 0.0367. The quantitative estimate of drug-likeness (QED) is 0.796. The number of nitrogens with one attached hydrogen (secondary N) is 1. The van der Waals surface area contributed by atoms with E-state index in [2.05, 4.69) is 5.32 Å². The van der Waals surface area contributed by atoms with Gasteiger partial charge in [0.25, 0.3) is 0 Å². The molecule has 2 rings (SSSR count). The Morgan fingerprint density at radius 3 is 2.27 bits per heavy atom. The highest BCUT2D eigenvalue weighted by Crippen LogP contribution is 2.27. The monoisotopic (exact) mass is 357 g/mol. The first kappa shape index (κ1) is 19.3. The van der Waals surface area contributed by atoms with Gasteiger partial charge in [-0.05, 0) is 48.2 Å². The molecular formula is C20H23NO5. The molecule has 2 aromatic carbocycles. The minimum Gasteiger partial charge on any atom is -0.493 e. The van der Waals surface area contributed by atoms with E-state index in [1.807, 2.05) is 19.9 Å². The number of carbonyl (C=O) groups excluding carboxylic acids is 1. The third-order valence-corrected chi connectivity index (χ3v) is 4.23. The number of hydrogen-bond acceptors (Lipinski definition) is 4. The fourth-order valence-corrected chi connectivity index (χ4v) is 2.62. The Morgan fingerprint density at radius 2 is 1.69 bits per heavy atom. The first-order chi connectivity index (χ1) is 12.3. The van der Waals surface area contributed by atoms with Crippen LogP contribution in [0.2, 0.25) is 0 Å². The van der Waals surface area contributed by atoms with Gasteiger partial charge in [-0.1, -0.05) is 24.3 Å². The molecule has 138 valence electrons. The molecule has 0 bridgehead atoms. The average Bonchev–Trinajstić information content (AvgIpc) is 2.61. The minimum absolute atomic E-state index is 0.0367. The number of ether oxygens (including phenoxy) is 2. The van der Waals surface area contributed by atoms with Gasteiger partial charge in [-0.15, -0.1) is 0 Å². The van der Waals surface area contributed by atoms with Gasteiger partial charge in [-0.25, -0.2) is 4.79 Å². The minimum atomic E-state index is -1.10. The van der Waals surface area contributed by atoms with E-state index in [0.717, 1.165) is 11.1 Å². The first-order valence-electron chi connectivity index (χ1n) is 8.16. The number of benzene rings is 2. The van der Waals surface area contributed by atoms with Gasteiger partial charge in [0.05, 0.1) is 20.6 Å². The largest absolute Gasteiger partial charge is 0.493 e. The van der Waals surface area contributed by atoms with Crippen molar-refractivity contribution in [2.75, 3.05) is 14.2 Å². The Morgan fingerprint density at radius 1 is 1.00 bits per heavy atom. The number of amides is 1. The van der Waals surface area contributed by atoms with E-state index in [9.17, 15) is 14.7 Å². The smallest absolute Gasteiger partial charge is 0.330 e. The van der Waals surface area contributed by atoms with E-state index in [1.54, 1.807) is 30.3 Å². The number of carboxylic acids is 1. The molecule has 2 N–H and O–H groups in total. The number of aryl methyl sites for hydroxylation is 2. The number of carboxylic acid groups (broad SMARTS) is 1. The topological polar surface area (TPSA) is 84.9 Å². The van der Waals surface area contributed by atoms with Crippen molar-refractivity contribution in [2.45, 2.75) is 26.3 Å². The predicted molar refractivity (Wildman–Crippen MR) is 97.7 cm³/mol. The van der Waals surface area contributed by atoms with Gasteiger partial charge in [0.2, 0.25) is 5.91 Å². The van der Waals surface area contributed by atoms with Gasteiger partial charge in [0, 0.05) is 0 Å². The van der Waals surface area contributed by atoms with Crippen LogP contribution in [0.1, 0.15) is 28.3 Å². The van der Waals surface area contributed by atoms with Crippen molar-refractivity contribution in [1.29, 1.82) is 0 Å². The molecular weight excluding hydrogens is 334 g/mol. The van der Waals surface area contributed by atoms with Gasteiger partial charge in [-0.2, -0.15) is 0 Å². The number of methoxy groups -OCH3 is 2. The lowest BCUT2D eigenvalue weighted by Crippen LogP contribution is -2.34. The third kappa shape index (κ3) is 4.53. The molecule has 0 aliphatic carbocycles. The van der Waals surface area contributed by atoms with E-state index in [-0.39, 0.29) is 12.3 Å². The summed E-state index contributed by atoms with van der Waals surface area (Å²) in [5.41, 5.74) is 3.28. The molecule has 0 aromatic heterocycles. The second-order valence-corrected chi connectivity index (χ2v) is 6.05. The summed E-state index contributed by atoms with van der Waals surface area (Å²) in [6, 6.07) is 9.40. The summed E-state index contributed by atoms with van der Waals surface area (Å²) < 4.78 is 10.4. The standard InChI is InChI=1S/C20H23NO5/c1-12-5-7-15(9-13(12)2)19(20(23)24)21-18(22)11-14-6-8-16(25-3)17(10-14)26-4/h5-10,19H,11H2,1-4H3,(H,21,22)(H,23,24). The summed E-state index contributed by atoms with van der Waals surface area (Å²) >= 11 is 0. The van der Waals surface area contributed by atoms with E-state index in [4.69, 9.17) is 9.47 Å². The lowest BCUT2D eigenvalue weighted by Gasteiger charge is -2.16. The van der Waals surface area contributed by atoms with Crippen LogP contribution in [0.3, 0.4) is 0 Å². The van der Waals surface area contributed by atoms with Gasteiger partial charge < -0.3 is 19.9 Å². The van der Waals surface area contributed by atoms with Crippen LogP contribution in [0.5, 0.6) is 11.5 Å². The molecule has 2 aromatic rings. The van der Waals surface area contributed by atoms with Crippen LogP contribution in [0.25, 0.3) is 0 Å². The van der Waals surface area contributed by atoms with Crippen molar-refractivity contribution in [3.05, 3.63) is 58.7 Å². The molecule has 26 heavy (non-hydrogen) atoms. The lowest BCUT2D eigenvalue weighted by atomic mass is 10.0. The highest BCUT2D eigenvalue weighted by molar-refractivity contribution is 5.85. The molecule has 6 nitrogen and oxygen atoms in total. The maximum Gasteiger partial charge on any atom is 0.330 e. The molecule has 0 saturated carbocycles. The van der Waals surface area contributed by atoms with Crippen LogP contribution in [-0.2, 0) is 16.0 Å². The Balaban J connectivity index is 2.15. The van der Waals surface area contributed by atoms with Gasteiger partial charge in [0.1, 0.15) is 0 Å². The molecule has 0 aliphatic heterocycles. The zero-order valence-electron chi connectivity index (χ0n) is 15.3. The molecule has 0 aliphatic rings. The second kappa shape index (κ2) is 8.38. The SMILES string of the molecule is COc1ccc(CC(=O)NC(C(=O)O)c2ccc(C)c(C)c2)cc1OC. The Bertz CT molecular complexity index is 816. The summed E-state index contributed by atoms with van der Waals surface area (Å²) in [5.74, 6) is -0.409. The summed E-state index contributed by atoms with van der Waals surface area (Å²) in [5, 5.41) is 12.1. The van der Waals surface area contributed by atoms with Crippen molar-refractivity contribution in [2.24, 2.45) is 0 Å². The van der Waals surface area contributed by atoms with E-state index in [1.165, 1.54) is 14.2 Å². The highest BCUT2D eigenvalue weighted by Gasteiger charge is 2.22. The second-order valence-electron chi connectivity index (χ2n) is 6.05. The highest BCUT2D eigenvalue weighted by atomic mass is 16.5. The van der Waals surface area contributed by atoms with Crippen LogP contribution >= 0.6 is 0 Å². The number of carbonyl (C=O) groups is 2. The van der Waals surface area contributed by atoms with Gasteiger partial charge in [0.15, 0.2) is 17.5 Å². The van der Waals surface area contributed by atoms with E-state index < -0.39 is 12.0 Å². The van der Waals surface area contributed by atoms with Crippen molar-refractivity contribution in [3.8, 4) is 11.5 Å².